The van der Waals surface area contributed by atoms with Gasteiger partial charge in [-0.05, 0) is 43.7 Å². The summed E-state index contributed by atoms with van der Waals surface area (Å²) < 4.78 is 21.8. The van der Waals surface area contributed by atoms with Crippen LogP contribution in [0, 0.1) is 5.92 Å². The first-order valence-corrected chi connectivity index (χ1v) is 10.4. The lowest BCUT2D eigenvalue weighted by Gasteiger charge is -2.30. The van der Waals surface area contributed by atoms with Crippen molar-refractivity contribution in [2.45, 2.75) is 19.4 Å². The number of nitrogens with zero attached hydrogens (tertiary/aromatic N) is 4. The van der Waals surface area contributed by atoms with Crippen molar-refractivity contribution in [2.75, 3.05) is 34.4 Å². The lowest BCUT2D eigenvalue weighted by molar-refractivity contribution is 0.0796. The molecule has 3 heterocycles. The Balaban J connectivity index is 1.48. The van der Waals surface area contributed by atoms with E-state index in [1.54, 1.807) is 51.9 Å². The van der Waals surface area contributed by atoms with Gasteiger partial charge in [-0.3, -0.25) is 14.7 Å². The second-order valence-electron chi connectivity index (χ2n) is 7.57. The molecular formula is C23H26N4O5. The topological polar surface area (TPSA) is 99.8 Å². The van der Waals surface area contributed by atoms with Gasteiger partial charge in [-0.15, -0.1) is 0 Å². The van der Waals surface area contributed by atoms with Gasteiger partial charge < -0.3 is 18.7 Å². The van der Waals surface area contributed by atoms with Gasteiger partial charge in [-0.2, -0.15) is 4.98 Å². The van der Waals surface area contributed by atoms with Crippen molar-refractivity contribution in [3.63, 3.8) is 0 Å². The summed E-state index contributed by atoms with van der Waals surface area (Å²) in [5, 5.41) is 4.13. The molecule has 0 unspecified atom stereocenters. The fourth-order valence-corrected chi connectivity index (χ4v) is 4.05. The fraction of sp³-hybridized carbons (Fsp3) is 0.391. The molecule has 1 fully saturated rings. The van der Waals surface area contributed by atoms with E-state index in [4.69, 9.17) is 18.7 Å². The Bertz CT molecular complexity index is 1070. The number of ketones is 1. The molecular weight excluding hydrogens is 412 g/mol. The van der Waals surface area contributed by atoms with E-state index in [1.165, 1.54) is 0 Å². The summed E-state index contributed by atoms with van der Waals surface area (Å²) in [6.07, 6.45) is 5.09. The standard InChI is InChI=1S/C23H26N4O5/c1-29-18-9-8-17(21(30-2)22(18)31-3)23-25-19(32-26-23)14-27-11-5-7-16(13-27)20(28)15-6-4-10-24-12-15/h4,6,8-10,12,16H,5,7,11,13-14H2,1-3H3/t16-/m0/s1. The van der Waals surface area contributed by atoms with E-state index < -0.39 is 0 Å². The molecule has 1 aromatic carbocycles. The number of methoxy groups -OCH3 is 3. The summed E-state index contributed by atoms with van der Waals surface area (Å²) >= 11 is 0. The zero-order valence-electron chi connectivity index (χ0n) is 18.4. The van der Waals surface area contributed by atoms with Crippen LogP contribution in [0.2, 0.25) is 0 Å². The zero-order valence-corrected chi connectivity index (χ0v) is 18.4. The molecule has 0 saturated carbocycles. The van der Waals surface area contributed by atoms with Crippen LogP contribution in [-0.2, 0) is 6.54 Å². The van der Waals surface area contributed by atoms with Crippen LogP contribution in [0.15, 0.2) is 41.2 Å². The van der Waals surface area contributed by atoms with Crippen molar-refractivity contribution in [2.24, 2.45) is 5.92 Å². The average molecular weight is 438 g/mol. The number of ether oxygens (including phenoxy) is 3. The molecule has 0 radical (unpaired) electrons. The minimum Gasteiger partial charge on any atom is -0.493 e. The van der Waals surface area contributed by atoms with Crippen molar-refractivity contribution in [3.8, 4) is 28.6 Å². The fourth-order valence-electron chi connectivity index (χ4n) is 4.05. The molecule has 9 heteroatoms. The first-order valence-electron chi connectivity index (χ1n) is 10.4. The second kappa shape index (κ2) is 9.78. The molecule has 32 heavy (non-hydrogen) atoms. The molecule has 1 aliphatic rings. The number of benzene rings is 1. The smallest absolute Gasteiger partial charge is 0.241 e. The highest BCUT2D eigenvalue weighted by Crippen LogP contribution is 2.43. The van der Waals surface area contributed by atoms with Gasteiger partial charge in [0, 0.05) is 30.4 Å². The Labute approximate surface area is 186 Å². The number of hydrogen-bond acceptors (Lipinski definition) is 9. The van der Waals surface area contributed by atoms with Crippen LogP contribution in [0.1, 0.15) is 29.1 Å². The molecule has 0 spiro atoms. The van der Waals surface area contributed by atoms with Crippen LogP contribution < -0.4 is 14.2 Å². The number of likely N-dealkylation sites (tertiary alicyclic amines) is 1. The average Bonchev–Trinajstić information content (AvgIpc) is 3.31. The predicted octanol–water partition coefficient (Wildman–Crippen LogP) is 3.25. The number of carbonyl (C=O) groups is 1. The SMILES string of the molecule is COc1ccc(-c2noc(CN3CCC[C@H](C(=O)c4cccnc4)C3)n2)c(OC)c1OC. The van der Waals surface area contributed by atoms with Crippen LogP contribution in [0.4, 0.5) is 0 Å². The number of carbonyl (C=O) groups excluding carboxylic acids is 1. The maximum Gasteiger partial charge on any atom is 0.241 e. The Morgan fingerprint density at radius 2 is 2.00 bits per heavy atom. The van der Waals surface area contributed by atoms with Crippen molar-refractivity contribution < 1.29 is 23.5 Å². The van der Waals surface area contributed by atoms with Crippen LogP contribution in [-0.4, -0.2) is 60.2 Å². The van der Waals surface area contributed by atoms with E-state index in [0.717, 1.165) is 19.4 Å². The third kappa shape index (κ3) is 4.43. The highest BCUT2D eigenvalue weighted by molar-refractivity contribution is 5.97. The molecule has 0 amide bonds. The molecule has 0 bridgehead atoms. The van der Waals surface area contributed by atoms with Gasteiger partial charge in [-0.25, -0.2) is 0 Å². The monoisotopic (exact) mass is 438 g/mol. The Morgan fingerprint density at radius 1 is 1.16 bits per heavy atom. The van der Waals surface area contributed by atoms with Gasteiger partial charge in [0.05, 0.1) is 33.4 Å². The van der Waals surface area contributed by atoms with E-state index in [1.807, 2.05) is 6.07 Å². The molecule has 1 saturated heterocycles. The number of rotatable bonds is 8. The summed E-state index contributed by atoms with van der Waals surface area (Å²) in [6.45, 7) is 1.98. The summed E-state index contributed by atoms with van der Waals surface area (Å²) in [4.78, 5) is 23.6. The van der Waals surface area contributed by atoms with Gasteiger partial charge in [0.1, 0.15) is 0 Å². The second-order valence-corrected chi connectivity index (χ2v) is 7.57. The zero-order chi connectivity index (χ0) is 22.5. The summed E-state index contributed by atoms with van der Waals surface area (Å²) in [7, 11) is 4.66. The minimum atomic E-state index is -0.0683. The molecule has 0 aliphatic carbocycles. The molecule has 9 nitrogen and oxygen atoms in total. The quantitative estimate of drug-likeness (QED) is 0.491. The molecule has 1 aliphatic heterocycles. The third-order valence-corrected chi connectivity index (χ3v) is 5.59. The Kier molecular flexibility index (Phi) is 6.65. The van der Waals surface area contributed by atoms with Crippen molar-refractivity contribution in [1.29, 1.82) is 0 Å². The van der Waals surface area contributed by atoms with Crippen molar-refractivity contribution in [1.82, 2.24) is 20.0 Å². The first kappa shape index (κ1) is 21.8. The maximum atomic E-state index is 12.8. The minimum absolute atomic E-state index is 0.0683. The van der Waals surface area contributed by atoms with E-state index in [2.05, 4.69) is 20.0 Å². The predicted molar refractivity (Wildman–Crippen MR) is 116 cm³/mol. The van der Waals surface area contributed by atoms with Gasteiger partial charge in [0.15, 0.2) is 17.3 Å². The van der Waals surface area contributed by atoms with Gasteiger partial charge in [0.25, 0.3) is 0 Å². The van der Waals surface area contributed by atoms with Crippen molar-refractivity contribution >= 4 is 5.78 Å². The van der Waals surface area contributed by atoms with Crippen molar-refractivity contribution in [3.05, 3.63) is 48.1 Å². The summed E-state index contributed by atoms with van der Waals surface area (Å²) in [5.41, 5.74) is 1.29. The molecule has 0 N–H and O–H groups in total. The molecule has 4 rings (SSSR count). The largest absolute Gasteiger partial charge is 0.493 e. The van der Waals surface area contributed by atoms with Crippen LogP contribution in [0.3, 0.4) is 0 Å². The summed E-state index contributed by atoms with van der Waals surface area (Å²) in [6, 6.07) is 7.18. The maximum absolute atomic E-state index is 12.8. The highest BCUT2D eigenvalue weighted by atomic mass is 16.5. The Hall–Kier alpha value is -3.46. The molecule has 2 aromatic heterocycles. The van der Waals surface area contributed by atoms with Gasteiger partial charge >= 0.3 is 0 Å². The highest BCUT2D eigenvalue weighted by Gasteiger charge is 2.28. The van der Waals surface area contributed by atoms with Crippen LogP contribution in [0.25, 0.3) is 11.4 Å². The van der Waals surface area contributed by atoms with Crippen LogP contribution in [0.5, 0.6) is 17.2 Å². The van der Waals surface area contributed by atoms with Gasteiger partial charge in [-0.1, -0.05) is 5.16 Å². The normalized spacial score (nSPS) is 16.5. The van der Waals surface area contributed by atoms with E-state index >= 15 is 0 Å². The number of piperidine rings is 1. The lowest BCUT2D eigenvalue weighted by Crippen LogP contribution is -2.38. The van der Waals surface area contributed by atoms with E-state index in [-0.39, 0.29) is 11.7 Å². The number of aromatic nitrogens is 3. The Morgan fingerprint density at radius 3 is 2.72 bits per heavy atom. The molecule has 168 valence electrons. The van der Waals surface area contributed by atoms with Gasteiger partial charge in [0.2, 0.25) is 17.5 Å². The first-order chi connectivity index (χ1) is 15.6. The molecule has 3 aromatic rings. The molecule has 1 atom stereocenters. The van der Waals surface area contributed by atoms with Crippen LogP contribution >= 0.6 is 0 Å². The van der Waals surface area contributed by atoms with E-state index in [0.29, 0.717) is 53.2 Å². The third-order valence-electron chi connectivity index (χ3n) is 5.59. The summed E-state index contributed by atoms with van der Waals surface area (Å²) in [5.74, 6) is 2.43. The number of Topliss-reactive ketones (excluding diaryl/α,β-unsaturated/α-hetero) is 1. The lowest BCUT2D eigenvalue weighted by atomic mass is 9.90. The van der Waals surface area contributed by atoms with E-state index in [9.17, 15) is 4.79 Å². The number of pyridine rings is 1. The number of hydrogen-bond donors (Lipinski definition) is 0.